The summed E-state index contributed by atoms with van der Waals surface area (Å²) < 4.78 is 5.97. The summed E-state index contributed by atoms with van der Waals surface area (Å²) >= 11 is 0. The van der Waals surface area contributed by atoms with Crippen LogP contribution in [0, 0.1) is 0 Å². The van der Waals surface area contributed by atoms with Crippen molar-refractivity contribution in [2.45, 2.75) is 19.1 Å². The van der Waals surface area contributed by atoms with Crippen molar-refractivity contribution in [2.24, 2.45) is 0 Å². The molecule has 38 heavy (non-hydrogen) atoms. The van der Waals surface area contributed by atoms with Crippen LogP contribution in [0.5, 0.6) is 5.75 Å². The Labute approximate surface area is 220 Å². The van der Waals surface area contributed by atoms with Gasteiger partial charge in [-0.05, 0) is 41.5 Å². The standard InChI is InChI=1S/C30H27N3O5/c34-28(35)19-27(22-11-5-2-6-12-22)38-26-16-8-15-25(18-26)32-29(36)23-13-7-14-24(17-23)33-30(37)31-20-21-9-3-1-4-10-21/h1-18,27H,19-20H2,(H,32,36)(H,34,35)(H2,31,33,37). The Morgan fingerprint density at radius 1 is 0.737 bits per heavy atom. The van der Waals surface area contributed by atoms with Gasteiger partial charge in [0.25, 0.3) is 5.91 Å². The number of aliphatic carboxylic acids is 1. The number of urea groups is 1. The molecule has 0 heterocycles. The second-order valence-corrected chi connectivity index (χ2v) is 8.47. The maximum atomic E-state index is 12.9. The summed E-state index contributed by atoms with van der Waals surface area (Å²) in [6.07, 6.45) is -0.894. The van der Waals surface area contributed by atoms with Gasteiger partial charge in [0.1, 0.15) is 11.9 Å². The van der Waals surface area contributed by atoms with E-state index in [1.54, 1.807) is 48.5 Å². The van der Waals surface area contributed by atoms with E-state index in [4.69, 9.17) is 4.74 Å². The summed E-state index contributed by atoms with van der Waals surface area (Å²) in [5.74, 6) is -0.936. The molecule has 0 aliphatic carbocycles. The third kappa shape index (κ3) is 7.69. The minimum Gasteiger partial charge on any atom is -0.485 e. The Morgan fingerprint density at radius 3 is 2.11 bits per heavy atom. The maximum absolute atomic E-state index is 12.9. The molecule has 4 aromatic rings. The van der Waals surface area contributed by atoms with E-state index in [0.717, 1.165) is 11.1 Å². The lowest BCUT2D eigenvalue weighted by Gasteiger charge is -2.18. The monoisotopic (exact) mass is 509 g/mol. The van der Waals surface area contributed by atoms with Gasteiger partial charge in [-0.2, -0.15) is 0 Å². The number of carboxylic acid groups (broad SMARTS) is 1. The summed E-state index contributed by atoms with van der Waals surface area (Å²) in [5.41, 5.74) is 3.01. The molecular weight excluding hydrogens is 482 g/mol. The van der Waals surface area contributed by atoms with E-state index in [-0.39, 0.29) is 18.4 Å². The molecule has 4 aromatic carbocycles. The third-order valence-corrected chi connectivity index (χ3v) is 5.58. The van der Waals surface area contributed by atoms with Crippen LogP contribution < -0.4 is 20.7 Å². The normalized spacial score (nSPS) is 11.2. The number of rotatable bonds is 10. The Bertz CT molecular complexity index is 1390. The van der Waals surface area contributed by atoms with Gasteiger partial charge in [-0.15, -0.1) is 0 Å². The number of hydrogen-bond acceptors (Lipinski definition) is 4. The molecule has 4 N–H and O–H groups in total. The van der Waals surface area contributed by atoms with Crippen molar-refractivity contribution in [1.82, 2.24) is 5.32 Å². The molecule has 8 nitrogen and oxygen atoms in total. The molecule has 0 saturated carbocycles. The van der Waals surface area contributed by atoms with Gasteiger partial charge in [0.05, 0.1) is 6.42 Å². The number of hydrogen-bond donors (Lipinski definition) is 4. The van der Waals surface area contributed by atoms with Crippen molar-refractivity contribution in [2.75, 3.05) is 10.6 Å². The number of carboxylic acids is 1. The molecule has 192 valence electrons. The van der Waals surface area contributed by atoms with Crippen LogP contribution in [-0.2, 0) is 11.3 Å². The van der Waals surface area contributed by atoms with Crippen molar-refractivity contribution in [3.63, 3.8) is 0 Å². The molecule has 0 aliphatic heterocycles. The number of carbonyl (C=O) groups is 3. The highest BCUT2D eigenvalue weighted by molar-refractivity contribution is 6.05. The Balaban J connectivity index is 1.38. The molecule has 0 bridgehead atoms. The summed E-state index contributed by atoms with van der Waals surface area (Å²) in [4.78, 5) is 36.6. The predicted octanol–water partition coefficient (Wildman–Crippen LogP) is 5.86. The van der Waals surface area contributed by atoms with E-state index < -0.39 is 12.1 Å². The molecule has 3 amide bonds. The first-order valence-corrected chi connectivity index (χ1v) is 12.0. The van der Waals surface area contributed by atoms with Crippen LogP contribution in [0.4, 0.5) is 16.2 Å². The second-order valence-electron chi connectivity index (χ2n) is 8.47. The summed E-state index contributed by atoms with van der Waals surface area (Å²) in [5, 5.41) is 17.6. The van der Waals surface area contributed by atoms with E-state index in [1.165, 1.54) is 0 Å². The van der Waals surface area contributed by atoms with Crippen LogP contribution in [0.1, 0.15) is 34.0 Å². The quantitative estimate of drug-likeness (QED) is 0.214. The maximum Gasteiger partial charge on any atom is 0.319 e. The average Bonchev–Trinajstić information content (AvgIpc) is 2.93. The molecule has 0 aromatic heterocycles. The minimum atomic E-state index is -0.981. The predicted molar refractivity (Wildman–Crippen MR) is 145 cm³/mol. The molecule has 0 saturated heterocycles. The van der Waals surface area contributed by atoms with Gasteiger partial charge in [-0.3, -0.25) is 9.59 Å². The fraction of sp³-hybridized carbons (Fsp3) is 0.100. The van der Waals surface area contributed by atoms with Gasteiger partial charge in [-0.1, -0.05) is 72.8 Å². The fourth-order valence-electron chi connectivity index (χ4n) is 3.76. The second kappa shape index (κ2) is 12.7. The summed E-state index contributed by atoms with van der Waals surface area (Å²) in [6.45, 7) is 0.378. The minimum absolute atomic E-state index is 0.209. The van der Waals surface area contributed by atoms with Gasteiger partial charge >= 0.3 is 12.0 Å². The van der Waals surface area contributed by atoms with Gasteiger partial charge in [0.15, 0.2) is 0 Å². The van der Waals surface area contributed by atoms with Crippen molar-refractivity contribution in [3.8, 4) is 5.75 Å². The highest BCUT2D eigenvalue weighted by Gasteiger charge is 2.18. The summed E-state index contributed by atoms with van der Waals surface area (Å²) in [7, 11) is 0. The van der Waals surface area contributed by atoms with Gasteiger partial charge in [-0.25, -0.2) is 4.79 Å². The number of amides is 3. The number of anilines is 2. The van der Waals surface area contributed by atoms with Crippen LogP contribution in [0.25, 0.3) is 0 Å². The Hall–Kier alpha value is -5.11. The van der Waals surface area contributed by atoms with Gasteiger partial charge < -0.3 is 25.8 Å². The number of carbonyl (C=O) groups excluding carboxylic acids is 2. The van der Waals surface area contributed by atoms with Gasteiger partial charge in [0, 0.05) is 29.5 Å². The smallest absolute Gasteiger partial charge is 0.319 e. The van der Waals surface area contributed by atoms with E-state index in [9.17, 15) is 19.5 Å². The van der Waals surface area contributed by atoms with Crippen molar-refractivity contribution < 1.29 is 24.2 Å². The van der Waals surface area contributed by atoms with Crippen molar-refractivity contribution in [1.29, 1.82) is 0 Å². The molecule has 4 rings (SSSR count). The van der Waals surface area contributed by atoms with Crippen LogP contribution in [0.3, 0.4) is 0 Å². The van der Waals surface area contributed by atoms with E-state index in [0.29, 0.717) is 29.2 Å². The lowest BCUT2D eigenvalue weighted by Crippen LogP contribution is -2.28. The molecule has 0 spiro atoms. The molecule has 0 radical (unpaired) electrons. The van der Waals surface area contributed by atoms with E-state index >= 15 is 0 Å². The molecule has 0 aliphatic rings. The van der Waals surface area contributed by atoms with Crippen LogP contribution in [-0.4, -0.2) is 23.0 Å². The summed E-state index contributed by atoms with van der Waals surface area (Å²) in [6, 6.07) is 31.6. The molecule has 8 heteroatoms. The van der Waals surface area contributed by atoms with Crippen molar-refractivity contribution >= 4 is 29.3 Å². The lowest BCUT2D eigenvalue weighted by molar-refractivity contribution is -0.138. The highest BCUT2D eigenvalue weighted by atomic mass is 16.5. The Morgan fingerprint density at radius 2 is 1.39 bits per heavy atom. The number of nitrogens with one attached hydrogen (secondary N) is 3. The Kier molecular flexibility index (Phi) is 8.70. The lowest BCUT2D eigenvalue weighted by atomic mass is 10.1. The van der Waals surface area contributed by atoms with E-state index in [2.05, 4.69) is 16.0 Å². The number of ether oxygens (including phenoxy) is 1. The topological polar surface area (TPSA) is 117 Å². The van der Waals surface area contributed by atoms with Crippen LogP contribution >= 0.6 is 0 Å². The zero-order valence-corrected chi connectivity index (χ0v) is 20.5. The molecule has 1 atom stereocenters. The first-order chi connectivity index (χ1) is 18.5. The average molecular weight is 510 g/mol. The first-order valence-electron chi connectivity index (χ1n) is 12.0. The van der Waals surface area contributed by atoms with Crippen LogP contribution in [0.15, 0.2) is 109 Å². The molecular formula is C30H27N3O5. The third-order valence-electron chi connectivity index (χ3n) is 5.58. The number of benzene rings is 4. The highest BCUT2D eigenvalue weighted by Crippen LogP contribution is 2.27. The largest absolute Gasteiger partial charge is 0.485 e. The molecule has 1 unspecified atom stereocenters. The first kappa shape index (κ1) is 26.0. The van der Waals surface area contributed by atoms with Gasteiger partial charge in [0.2, 0.25) is 0 Å². The zero-order valence-electron chi connectivity index (χ0n) is 20.5. The van der Waals surface area contributed by atoms with E-state index in [1.807, 2.05) is 60.7 Å². The van der Waals surface area contributed by atoms with Crippen molar-refractivity contribution in [3.05, 3.63) is 126 Å². The fourth-order valence-corrected chi connectivity index (χ4v) is 3.76. The zero-order chi connectivity index (χ0) is 26.7. The molecule has 0 fully saturated rings. The van der Waals surface area contributed by atoms with Crippen LogP contribution in [0.2, 0.25) is 0 Å². The SMILES string of the molecule is O=C(O)CC(Oc1cccc(NC(=O)c2cccc(NC(=O)NCc3ccccc3)c2)c1)c1ccccc1.